The molecule has 0 unspecified atom stereocenters. The molecule has 1 N–H and O–H groups in total. The molecule has 1 heterocycles. The van der Waals surface area contributed by atoms with Gasteiger partial charge in [0.25, 0.3) is 11.8 Å². The van der Waals surface area contributed by atoms with E-state index in [1.807, 2.05) is 0 Å². The van der Waals surface area contributed by atoms with Gasteiger partial charge in [0.1, 0.15) is 5.75 Å². The zero-order valence-corrected chi connectivity index (χ0v) is 21.9. The lowest BCUT2D eigenvalue weighted by Gasteiger charge is -2.14. The minimum Gasteiger partial charge on any atom is -0.495 e. The van der Waals surface area contributed by atoms with Gasteiger partial charge in [-0.05, 0) is 42.8 Å². The van der Waals surface area contributed by atoms with E-state index >= 15 is 0 Å². The molecule has 0 bridgehead atoms. The topological polar surface area (TPSA) is 103 Å². The molecule has 1 aliphatic rings. The monoisotopic (exact) mass is 528 g/mol. The van der Waals surface area contributed by atoms with Crippen LogP contribution < -0.4 is 24.3 Å². The summed E-state index contributed by atoms with van der Waals surface area (Å²) in [6.07, 6.45) is 2.76. The van der Waals surface area contributed by atoms with Crippen LogP contribution in [0.2, 0.25) is 0 Å². The lowest BCUT2D eigenvalue weighted by Crippen LogP contribution is -2.27. The van der Waals surface area contributed by atoms with Gasteiger partial charge in [-0.15, -0.1) is 0 Å². The van der Waals surface area contributed by atoms with Crippen molar-refractivity contribution < 1.29 is 33.3 Å². The first kappa shape index (κ1) is 26.8. The molecule has 1 aliphatic heterocycles. The third-order valence-corrected chi connectivity index (χ3v) is 6.38. The van der Waals surface area contributed by atoms with Gasteiger partial charge in [0.05, 0.1) is 44.6 Å². The highest BCUT2D eigenvalue weighted by Crippen LogP contribution is 2.40. The third kappa shape index (κ3) is 5.69. The molecule has 1 fully saturated rings. The fraction of sp³-hybridized carbons (Fsp3) is 0.200. The molecule has 0 aliphatic carbocycles. The highest BCUT2D eigenvalue weighted by atomic mass is 32.2. The first-order valence-corrected chi connectivity index (χ1v) is 11.7. The van der Waals surface area contributed by atoms with Crippen LogP contribution in [0, 0.1) is 0 Å². The average Bonchev–Trinajstić information content (AvgIpc) is 3.13. The van der Waals surface area contributed by atoms with Crippen molar-refractivity contribution in [2.75, 3.05) is 33.8 Å². The molecular formula is C25H24N2O7S2. The van der Waals surface area contributed by atoms with Gasteiger partial charge in [0, 0.05) is 6.20 Å². The summed E-state index contributed by atoms with van der Waals surface area (Å²) in [6, 6.07) is 10.1. The number of methoxy groups -OCH3 is 4. The number of carbonyl (C=O) groups is 3. The van der Waals surface area contributed by atoms with Crippen molar-refractivity contribution in [2.24, 2.45) is 0 Å². The number of rotatable bonds is 9. The number of thioether (sulfide) groups is 1. The molecule has 2 aromatic rings. The van der Waals surface area contributed by atoms with E-state index in [-0.39, 0.29) is 9.89 Å². The minimum absolute atomic E-state index is 0.169. The fourth-order valence-electron chi connectivity index (χ4n) is 3.30. The number of hydrogen-bond acceptors (Lipinski definition) is 9. The van der Waals surface area contributed by atoms with E-state index in [1.54, 1.807) is 42.5 Å². The molecule has 3 rings (SSSR count). The Morgan fingerprint density at radius 3 is 2.14 bits per heavy atom. The van der Waals surface area contributed by atoms with Crippen molar-refractivity contribution in [3.05, 3.63) is 58.6 Å². The van der Waals surface area contributed by atoms with Crippen molar-refractivity contribution in [2.45, 2.75) is 6.92 Å². The molecule has 0 atom stereocenters. The zero-order chi connectivity index (χ0) is 26.4. The van der Waals surface area contributed by atoms with E-state index < -0.39 is 17.6 Å². The Hall–Kier alpha value is -3.83. The first-order valence-electron chi connectivity index (χ1n) is 10.5. The van der Waals surface area contributed by atoms with Crippen LogP contribution in [0.4, 0.5) is 5.69 Å². The number of ether oxygens (including phenoxy) is 4. The van der Waals surface area contributed by atoms with Gasteiger partial charge < -0.3 is 24.3 Å². The molecule has 0 saturated carbocycles. The van der Waals surface area contributed by atoms with E-state index in [1.165, 1.54) is 35.4 Å². The van der Waals surface area contributed by atoms with Crippen molar-refractivity contribution in [3.63, 3.8) is 0 Å². The Bertz CT molecular complexity index is 1260. The van der Waals surface area contributed by atoms with Gasteiger partial charge in [-0.1, -0.05) is 36.1 Å². The Balaban J connectivity index is 1.92. The maximum Gasteiger partial charge on any atom is 0.270 e. The summed E-state index contributed by atoms with van der Waals surface area (Å²) in [5, 5.41) is 2.64. The zero-order valence-electron chi connectivity index (χ0n) is 20.2. The summed E-state index contributed by atoms with van der Waals surface area (Å²) >= 11 is 6.40. The van der Waals surface area contributed by atoms with Gasteiger partial charge >= 0.3 is 0 Å². The summed E-state index contributed by atoms with van der Waals surface area (Å²) < 4.78 is 21.4. The molecule has 0 spiro atoms. The molecule has 36 heavy (non-hydrogen) atoms. The van der Waals surface area contributed by atoms with E-state index in [0.29, 0.717) is 39.2 Å². The molecule has 1 saturated heterocycles. The largest absolute Gasteiger partial charge is 0.495 e. The quantitative estimate of drug-likeness (QED) is 0.224. The second-order valence-corrected chi connectivity index (χ2v) is 8.94. The van der Waals surface area contributed by atoms with E-state index in [4.69, 9.17) is 31.2 Å². The van der Waals surface area contributed by atoms with Gasteiger partial charge in [0.15, 0.2) is 21.6 Å². The van der Waals surface area contributed by atoms with Gasteiger partial charge in [0.2, 0.25) is 5.75 Å². The number of para-hydroxylation sites is 2. The Morgan fingerprint density at radius 2 is 1.58 bits per heavy atom. The molecular weight excluding hydrogens is 504 g/mol. The normalized spacial score (nSPS) is 14.6. The lowest BCUT2D eigenvalue weighted by atomic mass is 10.1. The van der Waals surface area contributed by atoms with Crippen LogP contribution in [0.15, 0.2) is 53.1 Å². The van der Waals surface area contributed by atoms with Crippen LogP contribution in [-0.4, -0.2) is 55.3 Å². The van der Waals surface area contributed by atoms with Crippen LogP contribution in [0.3, 0.4) is 0 Å². The summed E-state index contributed by atoms with van der Waals surface area (Å²) in [5.41, 5.74) is 0.741. The van der Waals surface area contributed by atoms with Crippen LogP contribution >= 0.6 is 24.0 Å². The molecule has 0 radical (unpaired) electrons. The average molecular weight is 529 g/mol. The van der Waals surface area contributed by atoms with Gasteiger partial charge in [-0.2, -0.15) is 0 Å². The highest BCUT2D eigenvalue weighted by Gasteiger charge is 2.33. The molecule has 9 nitrogen and oxygen atoms in total. The van der Waals surface area contributed by atoms with Crippen LogP contribution in [0.5, 0.6) is 23.0 Å². The predicted octanol–water partition coefficient (Wildman–Crippen LogP) is 4.03. The number of nitrogens with one attached hydrogen (secondary N) is 1. The maximum absolute atomic E-state index is 13.1. The van der Waals surface area contributed by atoms with E-state index in [0.717, 1.165) is 22.9 Å². The molecule has 11 heteroatoms. The number of nitrogens with zero attached hydrogens (tertiary/aromatic N) is 1. The summed E-state index contributed by atoms with van der Waals surface area (Å²) in [7, 11) is 5.94. The smallest absolute Gasteiger partial charge is 0.270 e. The fourth-order valence-corrected chi connectivity index (χ4v) is 4.51. The predicted molar refractivity (Wildman–Crippen MR) is 141 cm³/mol. The van der Waals surface area contributed by atoms with Crippen molar-refractivity contribution in [3.8, 4) is 23.0 Å². The number of amides is 2. The Morgan fingerprint density at radius 1 is 0.972 bits per heavy atom. The minimum atomic E-state index is -0.699. The first-order chi connectivity index (χ1) is 17.2. The van der Waals surface area contributed by atoms with Gasteiger partial charge in [-0.3, -0.25) is 19.3 Å². The van der Waals surface area contributed by atoms with E-state index in [2.05, 4.69) is 5.32 Å². The number of ketones is 1. The van der Waals surface area contributed by atoms with Crippen molar-refractivity contribution in [1.29, 1.82) is 0 Å². The van der Waals surface area contributed by atoms with Crippen LogP contribution in [-0.2, 0) is 14.4 Å². The highest BCUT2D eigenvalue weighted by molar-refractivity contribution is 8.26. The standard InChI is InChI=1S/C25H24N2O7S2/c1-14(28)16(23(29)26-17-8-6-7-9-18(17)31-2)13-27-24(30)21(36-25(27)35)12-15-10-19(32-3)22(34-5)20(11-15)33-4/h6-13H,1-5H3,(H,26,29)/b16-13-,21-12+. The summed E-state index contributed by atoms with van der Waals surface area (Å²) in [5.74, 6) is -0.0366. The SMILES string of the molecule is COc1ccccc1NC(=O)/C(=C\N1C(=O)/C(=C\c2cc(OC)c(OC)c(OC)c2)SC1=S)C(C)=O. The summed E-state index contributed by atoms with van der Waals surface area (Å²) in [4.78, 5) is 39.7. The second kappa shape index (κ2) is 11.7. The number of benzene rings is 2. The maximum atomic E-state index is 13.1. The van der Waals surface area contributed by atoms with Crippen molar-refractivity contribution in [1.82, 2.24) is 4.90 Å². The number of anilines is 1. The van der Waals surface area contributed by atoms with E-state index in [9.17, 15) is 14.4 Å². The number of thiocarbonyl (C=S) groups is 1. The number of hydrogen-bond donors (Lipinski definition) is 1. The molecule has 188 valence electrons. The number of Topliss-reactive ketones (excluding diaryl/α,β-unsaturated/α-hetero) is 1. The molecule has 2 aromatic carbocycles. The third-order valence-electron chi connectivity index (χ3n) is 5.05. The van der Waals surface area contributed by atoms with Crippen molar-refractivity contribution >= 4 is 57.7 Å². The molecule has 0 aromatic heterocycles. The molecule has 2 amide bonds. The number of carbonyl (C=O) groups excluding carboxylic acids is 3. The second-order valence-electron chi connectivity index (χ2n) is 7.26. The lowest BCUT2D eigenvalue weighted by molar-refractivity contribution is -0.120. The van der Waals surface area contributed by atoms with Crippen LogP contribution in [0.1, 0.15) is 12.5 Å². The van der Waals surface area contributed by atoms with Crippen LogP contribution in [0.25, 0.3) is 6.08 Å². The Kier molecular flexibility index (Phi) is 8.73. The Labute approximate surface area is 218 Å². The summed E-state index contributed by atoms with van der Waals surface area (Å²) in [6.45, 7) is 1.23. The van der Waals surface area contributed by atoms with Gasteiger partial charge in [-0.25, -0.2) is 0 Å².